The van der Waals surface area contributed by atoms with Crippen LogP contribution in [-0.4, -0.2) is 76.3 Å². The number of benzene rings is 2. The summed E-state index contributed by atoms with van der Waals surface area (Å²) in [7, 11) is 6.19. The van der Waals surface area contributed by atoms with Crippen LogP contribution >= 0.6 is 0 Å². The predicted molar refractivity (Wildman–Crippen MR) is 129 cm³/mol. The molecule has 9 nitrogen and oxygen atoms in total. The molecule has 1 aliphatic rings. The third-order valence-electron chi connectivity index (χ3n) is 5.88. The van der Waals surface area contributed by atoms with Crippen molar-refractivity contribution in [3.05, 3.63) is 47.0 Å². The highest BCUT2D eigenvalue weighted by Crippen LogP contribution is 2.40. The number of nitrogens with zero attached hydrogens (tertiary/aromatic N) is 2. The molecular formula is C25H33N3O6. The summed E-state index contributed by atoms with van der Waals surface area (Å²) < 4.78 is 21.3. The minimum absolute atomic E-state index is 0.183. The van der Waals surface area contributed by atoms with Crippen LogP contribution in [0.15, 0.2) is 30.3 Å². The molecule has 2 aromatic carbocycles. The monoisotopic (exact) mass is 471 g/mol. The Morgan fingerprint density at radius 1 is 0.824 bits per heavy atom. The molecule has 2 aromatic rings. The van der Waals surface area contributed by atoms with Gasteiger partial charge in [-0.15, -0.1) is 0 Å². The fourth-order valence-corrected chi connectivity index (χ4v) is 4.14. The lowest BCUT2D eigenvalue weighted by atomic mass is 10.1. The molecule has 0 aromatic heterocycles. The Kier molecular flexibility index (Phi) is 8.72. The molecule has 3 rings (SSSR count). The lowest BCUT2D eigenvalue weighted by Gasteiger charge is -2.35. The van der Waals surface area contributed by atoms with Gasteiger partial charge >= 0.3 is 5.97 Å². The molecule has 1 fully saturated rings. The number of nitrogens with one attached hydrogen (secondary N) is 1. The van der Waals surface area contributed by atoms with Gasteiger partial charge < -0.3 is 24.3 Å². The average Bonchev–Trinajstić information content (AvgIpc) is 2.84. The van der Waals surface area contributed by atoms with Gasteiger partial charge in [0.05, 0.1) is 34.0 Å². The van der Waals surface area contributed by atoms with Crippen molar-refractivity contribution in [3.8, 4) is 17.2 Å². The summed E-state index contributed by atoms with van der Waals surface area (Å²) in [5.74, 6) is 1.31. The Balaban J connectivity index is 1.66. The van der Waals surface area contributed by atoms with Crippen LogP contribution in [0, 0.1) is 0 Å². The Hall–Kier alpha value is -3.30. The SMILES string of the molecule is COC(=O)c1ccc(CN2CCN(Cc3ccc(OC)c(OC)c3OC)CC2)c(NC(C)=O)c1. The number of hydrogen-bond acceptors (Lipinski definition) is 8. The van der Waals surface area contributed by atoms with Crippen molar-refractivity contribution in [2.75, 3.05) is 59.9 Å². The first-order valence-electron chi connectivity index (χ1n) is 11.1. The summed E-state index contributed by atoms with van der Waals surface area (Å²) in [5.41, 5.74) is 3.04. The van der Waals surface area contributed by atoms with E-state index in [9.17, 15) is 9.59 Å². The van der Waals surface area contributed by atoms with Gasteiger partial charge in [0.25, 0.3) is 0 Å². The first kappa shape index (κ1) is 25.3. The third kappa shape index (κ3) is 5.98. The highest BCUT2D eigenvalue weighted by molar-refractivity contribution is 5.94. The highest BCUT2D eigenvalue weighted by Gasteiger charge is 2.22. The average molecular weight is 472 g/mol. The number of esters is 1. The molecule has 0 radical (unpaired) electrons. The molecule has 9 heteroatoms. The quantitative estimate of drug-likeness (QED) is 0.559. The number of carbonyl (C=O) groups excluding carboxylic acids is 2. The molecule has 0 saturated carbocycles. The van der Waals surface area contributed by atoms with Gasteiger partial charge in [-0.05, 0) is 23.8 Å². The zero-order chi connectivity index (χ0) is 24.7. The molecule has 0 spiro atoms. The summed E-state index contributed by atoms with van der Waals surface area (Å²) >= 11 is 0. The van der Waals surface area contributed by atoms with Crippen LogP contribution in [0.5, 0.6) is 17.2 Å². The fraction of sp³-hybridized carbons (Fsp3) is 0.440. The smallest absolute Gasteiger partial charge is 0.337 e. The van der Waals surface area contributed by atoms with Crippen LogP contribution in [0.1, 0.15) is 28.4 Å². The second kappa shape index (κ2) is 11.7. The van der Waals surface area contributed by atoms with E-state index in [0.717, 1.165) is 43.9 Å². The first-order chi connectivity index (χ1) is 16.4. The van der Waals surface area contributed by atoms with Gasteiger partial charge in [0.15, 0.2) is 11.5 Å². The highest BCUT2D eigenvalue weighted by atomic mass is 16.5. The van der Waals surface area contributed by atoms with E-state index in [2.05, 4.69) is 15.1 Å². The van der Waals surface area contributed by atoms with Crippen molar-refractivity contribution in [2.45, 2.75) is 20.0 Å². The van der Waals surface area contributed by atoms with Crippen molar-refractivity contribution >= 4 is 17.6 Å². The number of hydrogen-bond donors (Lipinski definition) is 1. The van der Waals surface area contributed by atoms with E-state index in [1.165, 1.54) is 14.0 Å². The number of ether oxygens (including phenoxy) is 4. The van der Waals surface area contributed by atoms with E-state index in [4.69, 9.17) is 18.9 Å². The lowest BCUT2D eigenvalue weighted by Crippen LogP contribution is -2.45. The summed E-state index contributed by atoms with van der Waals surface area (Å²) in [6.45, 7) is 6.37. The molecular weight excluding hydrogens is 438 g/mol. The maximum Gasteiger partial charge on any atom is 0.337 e. The second-order valence-electron chi connectivity index (χ2n) is 8.09. The largest absolute Gasteiger partial charge is 0.493 e. The topological polar surface area (TPSA) is 89.6 Å². The number of amides is 1. The van der Waals surface area contributed by atoms with Crippen molar-refractivity contribution < 1.29 is 28.5 Å². The van der Waals surface area contributed by atoms with E-state index in [1.807, 2.05) is 18.2 Å². The van der Waals surface area contributed by atoms with E-state index in [-0.39, 0.29) is 5.91 Å². The molecule has 0 bridgehead atoms. The minimum Gasteiger partial charge on any atom is -0.493 e. The first-order valence-corrected chi connectivity index (χ1v) is 11.1. The van der Waals surface area contributed by atoms with Gasteiger partial charge in [-0.3, -0.25) is 14.6 Å². The van der Waals surface area contributed by atoms with Crippen LogP contribution in [0.3, 0.4) is 0 Å². The molecule has 1 saturated heterocycles. The molecule has 34 heavy (non-hydrogen) atoms. The van der Waals surface area contributed by atoms with Crippen LogP contribution in [0.2, 0.25) is 0 Å². The van der Waals surface area contributed by atoms with E-state index in [1.54, 1.807) is 33.5 Å². The number of carbonyl (C=O) groups is 2. The van der Waals surface area contributed by atoms with Crippen molar-refractivity contribution in [2.24, 2.45) is 0 Å². The number of anilines is 1. The van der Waals surface area contributed by atoms with Crippen molar-refractivity contribution in [3.63, 3.8) is 0 Å². The lowest BCUT2D eigenvalue weighted by molar-refractivity contribution is -0.114. The van der Waals surface area contributed by atoms with Gasteiger partial charge in [-0.2, -0.15) is 0 Å². The molecule has 1 heterocycles. The molecule has 184 valence electrons. The maximum atomic E-state index is 11.9. The standard InChI is InChI=1S/C25H33N3O6/c1-17(29)26-21-14-18(25(30)34-5)6-7-19(21)15-27-10-12-28(13-11-27)16-20-8-9-22(31-2)24(33-4)23(20)32-3/h6-9,14H,10-13,15-16H2,1-5H3,(H,26,29). The zero-order valence-corrected chi connectivity index (χ0v) is 20.5. The number of rotatable bonds is 9. The van der Waals surface area contributed by atoms with Crippen LogP contribution in [0.4, 0.5) is 5.69 Å². The van der Waals surface area contributed by atoms with Gasteiger partial charge in [0.2, 0.25) is 11.7 Å². The fourth-order valence-electron chi connectivity index (χ4n) is 4.14. The minimum atomic E-state index is -0.433. The van der Waals surface area contributed by atoms with Crippen LogP contribution in [0.25, 0.3) is 0 Å². The summed E-state index contributed by atoms with van der Waals surface area (Å²) in [6.07, 6.45) is 0. The predicted octanol–water partition coefficient (Wildman–Crippen LogP) is 2.78. The van der Waals surface area contributed by atoms with E-state index < -0.39 is 5.97 Å². The summed E-state index contributed by atoms with van der Waals surface area (Å²) in [6, 6.07) is 9.18. The zero-order valence-electron chi connectivity index (χ0n) is 20.5. The van der Waals surface area contributed by atoms with Gasteiger partial charge in [-0.1, -0.05) is 12.1 Å². The number of methoxy groups -OCH3 is 4. The van der Waals surface area contributed by atoms with E-state index >= 15 is 0 Å². The van der Waals surface area contributed by atoms with Crippen molar-refractivity contribution in [1.29, 1.82) is 0 Å². The van der Waals surface area contributed by atoms with Gasteiger partial charge in [-0.25, -0.2) is 4.79 Å². The molecule has 0 aliphatic carbocycles. The maximum absolute atomic E-state index is 11.9. The Labute approximate surface area is 200 Å². The Morgan fingerprint density at radius 3 is 1.94 bits per heavy atom. The molecule has 1 aliphatic heterocycles. The Bertz CT molecular complexity index is 1020. The normalized spacial score (nSPS) is 14.4. The van der Waals surface area contributed by atoms with Crippen LogP contribution in [-0.2, 0) is 22.6 Å². The molecule has 0 unspecified atom stereocenters. The van der Waals surface area contributed by atoms with Gasteiger partial charge in [0, 0.05) is 57.4 Å². The molecule has 1 amide bonds. The third-order valence-corrected chi connectivity index (χ3v) is 5.88. The van der Waals surface area contributed by atoms with Crippen LogP contribution < -0.4 is 19.5 Å². The van der Waals surface area contributed by atoms with Gasteiger partial charge in [0.1, 0.15) is 0 Å². The summed E-state index contributed by atoms with van der Waals surface area (Å²) in [4.78, 5) is 28.3. The Morgan fingerprint density at radius 2 is 1.41 bits per heavy atom. The summed E-state index contributed by atoms with van der Waals surface area (Å²) in [5, 5.41) is 2.84. The van der Waals surface area contributed by atoms with E-state index in [0.29, 0.717) is 35.0 Å². The molecule has 1 N–H and O–H groups in total. The second-order valence-corrected chi connectivity index (χ2v) is 8.09. The van der Waals surface area contributed by atoms with Crippen molar-refractivity contribution in [1.82, 2.24) is 9.80 Å². The molecule has 0 atom stereocenters. The number of piperazine rings is 1.